The van der Waals surface area contributed by atoms with Crippen molar-refractivity contribution in [2.24, 2.45) is 11.3 Å². The monoisotopic (exact) mass is 170 g/mol. The molecular weight excluding hydrogens is 151 g/mol. The maximum absolute atomic E-state index is 3.79. The summed E-state index contributed by atoms with van der Waals surface area (Å²) in [5, 5.41) is 1.52. The Kier molecular flexibility index (Phi) is 2.75. The summed E-state index contributed by atoms with van der Waals surface area (Å²) < 4.78 is 0. The third-order valence-electron chi connectivity index (χ3n) is 2.57. The lowest BCUT2D eigenvalue weighted by molar-refractivity contribution is 0.548. The van der Waals surface area contributed by atoms with Gasteiger partial charge in [0.25, 0.3) is 0 Å². The SMILES string of the molecule is CC(C)(C)C(=P)C1CCCC1. The Morgan fingerprint density at radius 1 is 1.18 bits per heavy atom. The van der Waals surface area contributed by atoms with Crippen LogP contribution >= 0.6 is 8.86 Å². The van der Waals surface area contributed by atoms with Crippen LogP contribution in [-0.2, 0) is 0 Å². The van der Waals surface area contributed by atoms with Crippen molar-refractivity contribution in [3.05, 3.63) is 0 Å². The summed E-state index contributed by atoms with van der Waals surface area (Å²) in [7, 11) is 3.79. The Morgan fingerprint density at radius 2 is 1.64 bits per heavy atom. The topological polar surface area (TPSA) is 0 Å². The van der Waals surface area contributed by atoms with Crippen LogP contribution in [0.25, 0.3) is 0 Å². The highest BCUT2D eigenvalue weighted by atomic mass is 31.0. The second-order valence-corrected chi connectivity index (χ2v) is 5.18. The molecule has 0 radical (unpaired) electrons. The maximum Gasteiger partial charge on any atom is -0.0130 e. The van der Waals surface area contributed by atoms with E-state index in [1.54, 1.807) is 0 Å². The number of rotatable bonds is 1. The first-order valence-corrected chi connectivity index (χ1v) is 5.11. The van der Waals surface area contributed by atoms with Crippen molar-refractivity contribution in [2.45, 2.75) is 46.5 Å². The van der Waals surface area contributed by atoms with Crippen molar-refractivity contribution in [1.82, 2.24) is 0 Å². The van der Waals surface area contributed by atoms with Crippen LogP contribution < -0.4 is 0 Å². The summed E-state index contributed by atoms with van der Waals surface area (Å²) in [4.78, 5) is 0. The van der Waals surface area contributed by atoms with Gasteiger partial charge in [0.1, 0.15) is 0 Å². The first-order valence-electron chi connectivity index (χ1n) is 4.61. The van der Waals surface area contributed by atoms with E-state index in [0.29, 0.717) is 5.41 Å². The molecule has 0 amide bonds. The molecule has 0 aliphatic heterocycles. The lowest BCUT2D eigenvalue weighted by Crippen LogP contribution is -2.24. The van der Waals surface area contributed by atoms with Crippen molar-refractivity contribution < 1.29 is 0 Å². The normalized spacial score (nSPS) is 20.6. The van der Waals surface area contributed by atoms with Crippen LogP contribution in [-0.4, -0.2) is 5.29 Å². The van der Waals surface area contributed by atoms with Crippen LogP contribution in [0.1, 0.15) is 46.5 Å². The minimum absolute atomic E-state index is 0.353. The van der Waals surface area contributed by atoms with Crippen LogP contribution in [0, 0.1) is 11.3 Å². The molecule has 0 spiro atoms. The molecule has 0 saturated heterocycles. The molecule has 1 saturated carbocycles. The minimum atomic E-state index is 0.353. The van der Waals surface area contributed by atoms with E-state index in [-0.39, 0.29) is 0 Å². The molecule has 0 nitrogen and oxygen atoms in total. The van der Waals surface area contributed by atoms with E-state index in [1.807, 2.05) is 0 Å². The van der Waals surface area contributed by atoms with Crippen molar-refractivity contribution in [3.63, 3.8) is 0 Å². The molecular formula is C10H19P. The Morgan fingerprint density at radius 3 is 2.00 bits per heavy atom. The highest BCUT2D eigenvalue weighted by molar-refractivity contribution is 7.21. The molecule has 11 heavy (non-hydrogen) atoms. The van der Waals surface area contributed by atoms with Crippen molar-refractivity contribution >= 4 is 14.2 Å². The molecule has 0 heterocycles. The van der Waals surface area contributed by atoms with E-state index in [2.05, 4.69) is 29.6 Å². The van der Waals surface area contributed by atoms with Crippen LogP contribution in [0.3, 0.4) is 0 Å². The van der Waals surface area contributed by atoms with Gasteiger partial charge < -0.3 is 0 Å². The van der Waals surface area contributed by atoms with E-state index < -0.39 is 0 Å². The predicted octanol–water partition coefficient (Wildman–Crippen LogP) is 3.54. The van der Waals surface area contributed by atoms with Gasteiger partial charge in [-0.15, -0.1) is 8.86 Å². The lowest BCUT2D eigenvalue weighted by Gasteiger charge is -2.25. The lowest BCUT2D eigenvalue weighted by atomic mass is 9.83. The average molecular weight is 170 g/mol. The van der Waals surface area contributed by atoms with E-state index in [1.165, 1.54) is 31.0 Å². The summed E-state index contributed by atoms with van der Waals surface area (Å²) in [6, 6.07) is 0. The van der Waals surface area contributed by atoms with Crippen molar-refractivity contribution in [3.8, 4) is 0 Å². The van der Waals surface area contributed by atoms with Crippen LogP contribution in [0.5, 0.6) is 0 Å². The van der Waals surface area contributed by atoms with Gasteiger partial charge in [0.05, 0.1) is 0 Å². The van der Waals surface area contributed by atoms with E-state index >= 15 is 0 Å². The zero-order chi connectivity index (χ0) is 8.48. The molecule has 0 N–H and O–H groups in total. The zero-order valence-corrected chi connectivity index (χ0v) is 8.91. The Balaban J connectivity index is 2.53. The quantitative estimate of drug-likeness (QED) is 0.528. The fourth-order valence-electron chi connectivity index (χ4n) is 1.83. The summed E-state index contributed by atoms with van der Waals surface area (Å²) in [6.07, 6.45) is 5.65. The Hall–Kier alpha value is 0.170. The summed E-state index contributed by atoms with van der Waals surface area (Å²) in [5.41, 5.74) is 0.353. The highest BCUT2D eigenvalue weighted by Crippen LogP contribution is 2.33. The van der Waals surface area contributed by atoms with E-state index in [0.717, 1.165) is 5.92 Å². The third kappa shape index (κ3) is 2.30. The second-order valence-electron chi connectivity index (χ2n) is 4.65. The van der Waals surface area contributed by atoms with Gasteiger partial charge in [-0.2, -0.15) is 0 Å². The minimum Gasteiger partial charge on any atom is -0.122 e. The molecule has 0 unspecified atom stereocenters. The first-order chi connectivity index (χ1) is 5.02. The largest absolute Gasteiger partial charge is 0.122 e. The van der Waals surface area contributed by atoms with Crippen LogP contribution in [0.2, 0.25) is 0 Å². The van der Waals surface area contributed by atoms with Gasteiger partial charge in [0.2, 0.25) is 0 Å². The number of hydrogen-bond donors (Lipinski definition) is 0. The van der Waals surface area contributed by atoms with Gasteiger partial charge in [-0.25, -0.2) is 0 Å². The fraction of sp³-hybridized carbons (Fsp3) is 0.900. The molecule has 1 fully saturated rings. The molecule has 1 aliphatic rings. The Labute approximate surface area is 72.6 Å². The molecule has 64 valence electrons. The summed E-state index contributed by atoms with van der Waals surface area (Å²) in [5.74, 6) is 0.853. The van der Waals surface area contributed by atoms with Gasteiger partial charge in [-0.1, -0.05) is 33.6 Å². The first kappa shape index (κ1) is 9.26. The molecule has 0 bridgehead atoms. The van der Waals surface area contributed by atoms with Crippen LogP contribution in [0.4, 0.5) is 0 Å². The predicted molar refractivity (Wildman–Crippen MR) is 54.7 cm³/mol. The summed E-state index contributed by atoms with van der Waals surface area (Å²) >= 11 is 0. The van der Waals surface area contributed by atoms with Gasteiger partial charge in [-0.05, 0) is 29.5 Å². The second kappa shape index (κ2) is 3.27. The van der Waals surface area contributed by atoms with Gasteiger partial charge in [-0.3, -0.25) is 0 Å². The molecule has 1 aliphatic carbocycles. The van der Waals surface area contributed by atoms with Gasteiger partial charge >= 0.3 is 0 Å². The van der Waals surface area contributed by atoms with Crippen molar-refractivity contribution in [1.29, 1.82) is 0 Å². The van der Waals surface area contributed by atoms with Gasteiger partial charge in [0, 0.05) is 0 Å². The maximum atomic E-state index is 3.79. The molecule has 1 rings (SSSR count). The van der Waals surface area contributed by atoms with E-state index in [4.69, 9.17) is 0 Å². The molecule has 1 heteroatoms. The van der Waals surface area contributed by atoms with Crippen molar-refractivity contribution in [2.75, 3.05) is 0 Å². The third-order valence-corrected chi connectivity index (χ3v) is 3.73. The highest BCUT2D eigenvalue weighted by Gasteiger charge is 2.26. The molecule has 0 aromatic heterocycles. The zero-order valence-electron chi connectivity index (χ0n) is 7.91. The molecule has 0 atom stereocenters. The summed E-state index contributed by atoms with van der Waals surface area (Å²) in [6.45, 7) is 6.86. The average Bonchev–Trinajstić information content (AvgIpc) is 2.34. The standard InChI is InChI=1S/C10H19P/c1-10(2,3)9(11)8-6-4-5-7-8/h8,11H,4-7H2,1-3H3. The van der Waals surface area contributed by atoms with Crippen LogP contribution in [0.15, 0.2) is 0 Å². The van der Waals surface area contributed by atoms with E-state index in [9.17, 15) is 0 Å². The van der Waals surface area contributed by atoms with Gasteiger partial charge in [0.15, 0.2) is 0 Å². The molecule has 0 aromatic rings. The Bertz CT molecular complexity index is 147. The molecule has 0 aromatic carbocycles. The smallest absolute Gasteiger partial charge is 0.0130 e. The number of hydrogen-bond acceptors (Lipinski definition) is 0. The fourth-order valence-corrected chi connectivity index (χ4v) is 2.12.